The first-order chi connectivity index (χ1) is 3.81. The molecule has 46 valence electrons. The first-order valence-corrected chi connectivity index (χ1v) is 2.23. The third kappa shape index (κ3) is 3.40. The third-order valence-corrected chi connectivity index (χ3v) is 0.661. The van der Waals surface area contributed by atoms with Crippen molar-refractivity contribution in [2.45, 2.75) is 6.42 Å². The van der Waals surface area contributed by atoms with Gasteiger partial charge in [0.15, 0.2) is 11.7 Å². The van der Waals surface area contributed by atoms with Crippen LogP contribution in [0.25, 0.3) is 0 Å². The molecule has 0 amide bonds. The molecule has 0 heterocycles. The minimum atomic E-state index is -0.285. The van der Waals surface area contributed by atoms with E-state index in [4.69, 9.17) is 5.11 Å². The highest BCUT2D eigenvalue weighted by atomic mass is 16.5. The molecule has 0 bridgehead atoms. The second kappa shape index (κ2) is 4.37. The van der Waals surface area contributed by atoms with Gasteiger partial charge in [-0.3, -0.25) is 0 Å². The van der Waals surface area contributed by atoms with Crippen LogP contribution in [0.1, 0.15) is 6.42 Å². The van der Waals surface area contributed by atoms with Crippen molar-refractivity contribution < 1.29 is 14.6 Å². The molecule has 1 N–H and O–H groups in total. The van der Waals surface area contributed by atoms with Gasteiger partial charge >= 0.3 is 0 Å². The van der Waals surface area contributed by atoms with Crippen LogP contribution in [0, 0.1) is 0 Å². The van der Waals surface area contributed by atoms with Crippen LogP contribution in [0.2, 0.25) is 0 Å². The van der Waals surface area contributed by atoms with Crippen molar-refractivity contribution in [3.05, 3.63) is 5.76 Å². The highest BCUT2D eigenvalue weighted by Crippen LogP contribution is 1.88. The molecule has 3 heteroatoms. The van der Waals surface area contributed by atoms with Crippen molar-refractivity contribution in [3.63, 3.8) is 0 Å². The predicted molar refractivity (Wildman–Crippen MR) is 28.3 cm³/mol. The van der Waals surface area contributed by atoms with Crippen molar-refractivity contribution in [1.82, 2.24) is 0 Å². The second-order valence-corrected chi connectivity index (χ2v) is 1.29. The molecule has 0 aromatic rings. The summed E-state index contributed by atoms with van der Waals surface area (Å²) in [7, 11) is 1.50. The Hall–Kier alpha value is -0.790. The Kier molecular flexibility index (Phi) is 3.94. The standard InChI is InChI=1S/C5H8O3/c1-8-3-2-5(7)4-6/h7H,2-3H2,1H3. The molecule has 0 aromatic heterocycles. The Morgan fingerprint density at radius 1 is 1.88 bits per heavy atom. The van der Waals surface area contributed by atoms with Crippen LogP contribution in [0.3, 0.4) is 0 Å². The third-order valence-electron chi connectivity index (χ3n) is 0.661. The predicted octanol–water partition coefficient (Wildman–Crippen LogP) is 0.296. The van der Waals surface area contributed by atoms with Crippen LogP contribution in [0.4, 0.5) is 0 Å². The first kappa shape index (κ1) is 7.21. The molecular formula is C5H8O3. The highest BCUT2D eigenvalue weighted by molar-refractivity contribution is 5.48. The van der Waals surface area contributed by atoms with Crippen LogP contribution in [-0.4, -0.2) is 24.8 Å². The molecule has 0 aliphatic rings. The average molecular weight is 116 g/mol. The first-order valence-electron chi connectivity index (χ1n) is 2.23. The Morgan fingerprint density at radius 3 is 2.88 bits per heavy atom. The summed E-state index contributed by atoms with van der Waals surface area (Å²) >= 11 is 0. The van der Waals surface area contributed by atoms with Gasteiger partial charge in [-0.1, -0.05) is 0 Å². The molecule has 0 aliphatic heterocycles. The summed E-state index contributed by atoms with van der Waals surface area (Å²) in [5.74, 6) is 1.06. The molecule has 8 heavy (non-hydrogen) atoms. The minimum Gasteiger partial charge on any atom is -0.502 e. The van der Waals surface area contributed by atoms with Gasteiger partial charge in [-0.25, -0.2) is 4.79 Å². The van der Waals surface area contributed by atoms with E-state index in [1.807, 2.05) is 0 Å². The van der Waals surface area contributed by atoms with E-state index in [0.717, 1.165) is 0 Å². The minimum absolute atomic E-state index is 0.250. The van der Waals surface area contributed by atoms with Crippen molar-refractivity contribution in [2.75, 3.05) is 13.7 Å². The Labute approximate surface area is 47.6 Å². The molecule has 3 nitrogen and oxygen atoms in total. The van der Waals surface area contributed by atoms with Gasteiger partial charge in [-0.05, 0) is 0 Å². The van der Waals surface area contributed by atoms with Crippen molar-refractivity contribution in [1.29, 1.82) is 0 Å². The number of carbonyl (C=O) groups excluding carboxylic acids is 1. The summed E-state index contributed by atoms with van der Waals surface area (Å²) in [4.78, 5) is 9.54. The van der Waals surface area contributed by atoms with Gasteiger partial charge in [0.05, 0.1) is 6.61 Å². The maximum absolute atomic E-state index is 9.54. The molecule has 0 saturated carbocycles. The number of aliphatic hydroxyl groups excluding tert-OH is 1. The summed E-state index contributed by atoms with van der Waals surface area (Å²) < 4.78 is 4.55. The summed E-state index contributed by atoms with van der Waals surface area (Å²) in [6, 6.07) is 0. The lowest BCUT2D eigenvalue weighted by Crippen LogP contribution is -1.90. The zero-order chi connectivity index (χ0) is 6.41. The SMILES string of the molecule is COCCC(O)=C=O. The van der Waals surface area contributed by atoms with Gasteiger partial charge in [0, 0.05) is 13.5 Å². The van der Waals surface area contributed by atoms with E-state index in [0.29, 0.717) is 6.61 Å². The lowest BCUT2D eigenvalue weighted by molar-refractivity contribution is 0.189. The summed E-state index contributed by atoms with van der Waals surface area (Å²) in [6.07, 6.45) is 0.250. The molecule has 0 aliphatic carbocycles. The van der Waals surface area contributed by atoms with Gasteiger partial charge in [0.2, 0.25) is 0 Å². The molecule has 0 rings (SSSR count). The second-order valence-electron chi connectivity index (χ2n) is 1.29. The molecule has 0 atom stereocenters. The molecule has 0 unspecified atom stereocenters. The van der Waals surface area contributed by atoms with Crippen molar-refractivity contribution >= 4 is 5.94 Å². The maximum atomic E-state index is 9.54. The normalized spacial score (nSPS) is 8.12. The van der Waals surface area contributed by atoms with E-state index in [1.165, 1.54) is 13.1 Å². The Morgan fingerprint density at radius 2 is 2.50 bits per heavy atom. The topological polar surface area (TPSA) is 46.5 Å². The van der Waals surface area contributed by atoms with Crippen LogP contribution in [0.5, 0.6) is 0 Å². The van der Waals surface area contributed by atoms with Gasteiger partial charge in [-0.15, -0.1) is 0 Å². The van der Waals surface area contributed by atoms with Gasteiger partial charge in [0.25, 0.3) is 0 Å². The number of ether oxygens (including phenoxy) is 1. The average Bonchev–Trinajstić information content (AvgIpc) is 1.83. The van der Waals surface area contributed by atoms with E-state index in [-0.39, 0.29) is 12.2 Å². The lowest BCUT2D eigenvalue weighted by atomic mass is 10.4. The van der Waals surface area contributed by atoms with Gasteiger partial charge in [-0.2, -0.15) is 0 Å². The largest absolute Gasteiger partial charge is 0.502 e. The zero-order valence-electron chi connectivity index (χ0n) is 4.68. The van der Waals surface area contributed by atoms with Crippen LogP contribution >= 0.6 is 0 Å². The van der Waals surface area contributed by atoms with E-state index < -0.39 is 0 Å². The molecular weight excluding hydrogens is 108 g/mol. The van der Waals surface area contributed by atoms with Crippen LogP contribution < -0.4 is 0 Å². The number of hydrogen-bond donors (Lipinski definition) is 1. The quantitative estimate of drug-likeness (QED) is 0.426. The summed E-state index contributed by atoms with van der Waals surface area (Å²) in [5.41, 5.74) is 0. The fourth-order valence-corrected chi connectivity index (χ4v) is 0.250. The molecule has 0 spiro atoms. The summed E-state index contributed by atoms with van der Waals surface area (Å²) in [6.45, 7) is 0.362. The van der Waals surface area contributed by atoms with Crippen molar-refractivity contribution in [2.24, 2.45) is 0 Å². The lowest BCUT2D eigenvalue weighted by Gasteiger charge is -1.91. The van der Waals surface area contributed by atoms with E-state index in [2.05, 4.69) is 4.74 Å². The number of hydrogen-bond acceptors (Lipinski definition) is 3. The maximum Gasteiger partial charge on any atom is 0.179 e. The molecule has 0 saturated heterocycles. The fraction of sp³-hybridized carbons (Fsp3) is 0.600. The molecule has 0 radical (unpaired) electrons. The van der Waals surface area contributed by atoms with Gasteiger partial charge in [0.1, 0.15) is 0 Å². The highest BCUT2D eigenvalue weighted by Gasteiger charge is 1.89. The summed E-state index contributed by atoms with van der Waals surface area (Å²) in [5, 5.41) is 8.40. The zero-order valence-corrected chi connectivity index (χ0v) is 4.68. The van der Waals surface area contributed by atoms with Crippen LogP contribution in [0.15, 0.2) is 5.76 Å². The number of methoxy groups -OCH3 is 1. The number of aliphatic hydroxyl groups is 1. The smallest absolute Gasteiger partial charge is 0.179 e. The molecule has 0 aromatic carbocycles. The van der Waals surface area contributed by atoms with Gasteiger partial charge < -0.3 is 9.84 Å². The van der Waals surface area contributed by atoms with E-state index >= 15 is 0 Å². The van der Waals surface area contributed by atoms with E-state index in [9.17, 15) is 4.79 Å². The Bertz CT molecular complexity index is 102. The van der Waals surface area contributed by atoms with Crippen LogP contribution in [-0.2, 0) is 9.53 Å². The number of rotatable bonds is 3. The molecule has 0 fully saturated rings. The van der Waals surface area contributed by atoms with Crippen molar-refractivity contribution in [3.8, 4) is 0 Å². The Balaban J connectivity index is 3.26. The monoisotopic (exact) mass is 116 g/mol. The fourth-order valence-electron chi connectivity index (χ4n) is 0.250. The van der Waals surface area contributed by atoms with E-state index in [1.54, 1.807) is 0 Å².